The molecule has 2 nitrogen and oxygen atoms in total. The van der Waals surface area contributed by atoms with Gasteiger partial charge in [-0.3, -0.25) is 0 Å². The molecule has 4 aromatic carbocycles. The van der Waals surface area contributed by atoms with Crippen molar-refractivity contribution in [2.24, 2.45) is 23.7 Å². The maximum absolute atomic E-state index is 6.43. The Balaban J connectivity index is 1.29. The zero-order valence-electron chi connectivity index (χ0n) is 23.9. The first-order valence-corrected chi connectivity index (χ1v) is 16.1. The summed E-state index contributed by atoms with van der Waals surface area (Å²) in [4.78, 5) is 2.58. The monoisotopic (exact) mass is 545 g/mol. The van der Waals surface area contributed by atoms with E-state index in [9.17, 15) is 0 Å². The van der Waals surface area contributed by atoms with Crippen molar-refractivity contribution in [3.8, 4) is 0 Å². The SMILES string of the molecule is C1=CC2=C(CC1)C1(c3c2cccc3N(c2ccccc2)c2cccc3oc4ccccc4c23)C2CC3CC(C2)CC1C3. The number of rotatable bonds is 3. The van der Waals surface area contributed by atoms with Gasteiger partial charge >= 0.3 is 0 Å². The molecular formula is C40H35NO. The van der Waals surface area contributed by atoms with E-state index in [2.05, 4.69) is 108 Å². The van der Waals surface area contributed by atoms with Crippen LogP contribution in [0.4, 0.5) is 17.1 Å². The first-order valence-electron chi connectivity index (χ1n) is 16.1. The molecule has 4 fully saturated rings. The van der Waals surface area contributed by atoms with E-state index in [1.54, 1.807) is 16.7 Å². The third kappa shape index (κ3) is 2.95. The van der Waals surface area contributed by atoms with E-state index in [1.165, 1.54) is 78.3 Å². The van der Waals surface area contributed by atoms with Crippen LogP contribution in [0.15, 0.2) is 113 Å². The van der Waals surface area contributed by atoms with E-state index in [-0.39, 0.29) is 5.41 Å². The van der Waals surface area contributed by atoms with Crippen LogP contribution in [-0.2, 0) is 5.41 Å². The van der Waals surface area contributed by atoms with E-state index in [0.29, 0.717) is 0 Å². The van der Waals surface area contributed by atoms with Gasteiger partial charge in [-0.1, -0.05) is 72.3 Å². The molecule has 6 aliphatic rings. The summed E-state index contributed by atoms with van der Waals surface area (Å²) < 4.78 is 6.43. The van der Waals surface area contributed by atoms with E-state index >= 15 is 0 Å². The van der Waals surface area contributed by atoms with Gasteiger partial charge in [0.2, 0.25) is 0 Å². The Morgan fingerprint density at radius 1 is 0.667 bits per heavy atom. The molecule has 0 aliphatic heterocycles. The highest BCUT2D eigenvalue weighted by molar-refractivity contribution is 6.13. The largest absolute Gasteiger partial charge is 0.456 e. The van der Waals surface area contributed by atoms with Crippen LogP contribution < -0.4 is 4.90 Å². The van der Waals surface area contributed by atoms with Crippen molar-refractivity contribution in [1.29, 1.82) is 0 Å². The molecule has 4 saturated carbocycles. The predicted molar refractivity (Wildman–Crippen MR) is 172 cm³/mol. The van der Waals surface area contributed by atoms with Gasteiger partial charge in [0.1, 0.15) is 11.2 Å². The van der Waals surface area contributed by atoms with Crippen molar-refractivity contribution < 1.29 is 4.42 Å². The van der Waals surface area contributed by atoms with Gasteiger partial charge in [-0.25, -0.2) is 0 Å². The lowest BCUT2D eigenvalue weighted by molar-refractivity contribution is -0.0431. The third-order valence-electron chi connectivity index (χ3n) is 11.7. The number of para-hydroxylation sites is 2. The molecule has 0 N–H and O–H groups in total. The second-order valence-corrected chi connectivity index (χ2v) is 13.6. The molecule has 2 heteroatoms. The van der Waals surface area contributed by atoms with Crippen LogP contribution in [0.3, 0.4) is 0 Å². The third-order valence-corrected chi connectivity index (χ3v) is 11.7. The summed E-state index contributed by atoms with van der Waals surface area (Å²) >= 11 is 0. The Bertz CT molecular complexity index is 1930. The molecule has 5 aromatic rings. The highest BCUT2D eigenvalue weighted by Gasteiger charge is 2.63. The molecule has 4 bridgehead atoms. The summed E-state index contributed by atoms with van der Waals surface area (Å²) in [5.74, 6) is 3.40. The Labute approximate surface area is 247 Å². The van der Waals surface area contributed by atoms with Gasteiger partial charge < -0.3 is 9.32 Å². The zero-order chi connectivity index (χ0) is 27.4. The van der Waals surface area contributed by atoms with Gasteiger partial charge in [0, 0.05) is 16.5 Å². The maximum atomic E-state index is 6.43. The minimum Gasteiger partial charge on any atom is -0.456 e. The van der Waals surface area contributed by atoms with E-state index < -0.39 is 0 Å². The summed E-state index contributed by atoms with van der Waals surface area (Å²) in [6, 6.07) is 33.4. The molecule has 11 rings (SSSR count). The lowest BCUT2D eigenvalue weighted by Gasteiger charge is -2.62. The van der Waals surface area contributed by atoms with Crippen molar-refractivity contribution in [3.63, 3.8) is 0 Å². The van der Waals surface area contributed by atoms with E-state index in [1.807, 2.05) is 0 Å². The van der Waals surface area contributed by atoms with Gasteiger partial charge in [-0.15, -0.1) is 0 Å². The number of anilines is 3. The number of allylic oxidation sites excluding steroid dienone is 4. The first-order chi connectivity index (χ1) is 20.8. The smallest absolute Gasteiger partial charge is 0.137 e. The van der Waals surface area contributed by atoms with Crippen molar-refractivity contribution in [2.45, 2.75) is 50.4 Å². The fourth-order valence-corrected chi connectivity index (χ4v) is 10.6. The predicted octanol–water partition coefficient (Wildman–Crippen LogP) is 10.9. The van der Waals surface area contributed by atoms with E-state index in [0.717, 1.165) is 34.8 Å². The topological polar surface area (TPSA) is 16.4 Å². The maximum Gasteiger partial charge on any atom is 0.137 e. The van der Waals surface area contributed by atoms with Crippen molar-refractivity contribution >= 4 is 44.6 Å². The Morgan fingerprint density at radius 3 is 2.21 bits per heavy atom. The van der Waals surface area contributed by atoms with Crippen LogP contribution in [0.2, 0.25) is 0 Å². The second-order valence-electron chi connectivity index (χ2n) is 13.6. The van der Waals surface area contributed by atoms with Crippen molar-refractivity contribution in [1.82, 2.24) is 0 Å². The molecule has 1 spiro atoms. The molecule has 206 valence electrons. The summed E-state index contributed by atoms with van der Waals surface area (Å²) in [6.45, 7) is 0. The standard InChI is InChI=1S/C40H35NO/c1-2-10-29(11-3-1)41(34-16-9-19-37-38(34)32-13-5-7-18-36(32)42-37)35-17-8-14-31-30-12-4-6-15-33(30)40(39(31)35)27-21-25-20-26(23-27)24-28(40)22-25/h1-5,7-14,16-19,25-28H,6,15,20-24H2. The minimum absolute atomic E-state index is 0.166. The summed E-state index contributed by atoms with van der Waals surface area (Å²) in [5, 5.41) is 2.38. The first kappa shape index (κ1) is 23.5. The molecule has 1 heterocycles. The average molecular weight is 546 g/mol. The number of fused-ring (bicyclic) bond motifs is 5. The van der Waals surface area contributed by atoms with Crippen molar-refractivity contribution in [3.05, 3.63) is 120 Å². The molecule has 0 saturated heterocycles. The second kappa shape index (κ2) is 8.51. The zero-order valence-corrected chi connectivity index (χ0v) is 23.9. The molecule has 6 aliphatic carbocycles. The number of hydrogen-bond acceptors (Lipinski definition) is 2. The van der Waals surface area contributed by atoms with Crippen LogP contribution in [0.25, 0.3) is 27.5 Å². The molecular weight excluding hydrogens is 510 g/mol. The normalized spacial score (nSPS) is 28.7. The lowest BCUT2D eigenvalue weighted by Crippen LogP contribution is -2.56. The highest BCUT2D eigenvalue weighted by atomic mass is 16.3. The quantitative estimate of drug-likeness (QED) is 0.224. The lowest BCUT2D eigenvalue weighted by atomic mass is 9.42. The van der Waals surface area contributed by atoms with Crippen LogP contribution in [0, 0.1) is 23.7 Å². The number of benzene rings is 4. The van der Waals surface area contributed by atoms with Gasteiger partial charge in [0.05, 0.1) is 16.8 Å². The Kier molecular flexibility index (Phi) is 4.76. The number of hydrogen-bond donors (Lipinski definition) is 0. The van der Waals surface area contributed by atoms with Gasteiger partial charge in [0.25, 0.3) is 0 Å². The molecule has 0 radical (unpaired) electrons. The van der Waals surface area contributed by atoms with Crippen LogP contribution in [0.1, 0.15) is 56.1 Å². The van der Waals surface area contributed by atoms with Gasteiger partial charge in [-0.2, -0.15) is 0 Å². The number of furan rings is 1. The van der Waals surface area contributed by atoms with Crippen LogP contribution in [0.5, 0.6) is 0 Å². The Hall–Kier alpha value is -4.04. The Morgan fingerprint density at radius 2 is 1.38 bits per heavy atom. The fourth-order valence-electron chi connectivity index (χ4n) is 10.6. The minimum atomic E-state index is 0.166. The molecule has 42 heavy (non-hydrogen) atoms. The van der Waals surface area contributed by atoms with E-state index in [4.69, 9.17) is 4.42 Å². The van der Waals surface area contributed by atoms with Gasteiger partial charge in [0.15, 0.2) is 0 Å². The van der Waals surface area contributed by atoms with Crippen molar-refractivity contribution in [2.75, 3.05) is 4.90 Å². The van der Waals surface area contributed by atoms with Crippen LogP contribution in [-0.4, -0.2) is 0 Å². The number of nitrogens with zero attached hydrogens (tertiary/aromatic N) is 1. The van der Waals surface area contributed by atoms with Gasteiger partial charge in [-0.05, 0) is 122 Å². The average Bonchev–Trinajstić information content (AvgIpc) is 3.55. The summed E-state index contributed by atoms with van der Waals surface area (Å²) in [7, 11) is 0. The summed E-state index contributed by atoms with van der Waals surface area (Å²) in [5.41, 5.74) is 12.3. The fraction of sp³-hybridized carbons (Fsp3) is 0.300. The molecule has 0 atom stereocenters. The highest BCUT2D eigenvalue weighted by Crippen LogP contribution is 2.71. The van der Waals surface area contributed by atoms with Crippen LogP contribution >= 0.6 is 0 Å². The molecule has 0 amide bonds. The molecule has 1 aromatic heterocycles. The molecule has 0 unspecified atom stereocenters. The summed E-state index contributed by atoms with van der Waals surface area (Å²) in [6.07, 6.45) is 14.4.